The second-order valence-corrected chi connectivity index (χ2v) is 7.98. The first-order chi connectivity index (χ1) is 8.30. The third-order valence-corrected chi connectivity index (χ3v) is 4.60. The molecule has 1 aromatic rings. The van der Waals surface area contributed by atoms with Crippen LogP contribution in [0.2, 0.25) is 0 Å². The van der Waals surface area contributed by atoms with Gasteiger partial charge in [0, 0.05) is 12.6 Å². The molecule has 0 fully saturated rings. The number of nitrogens with zero attached hydrogens (tertiary/aromatic N) is 3. The molecule has 1 unspecified atom stereocenters. The molecule has 2 atom stereocenters. The van der Waals surface area contributed by atoms with E-state index in [-0.39, 0.29) is 4.75 Å². The number of fused-ring (bicyclic) bond motifs is 1. The van der Waals surface area contributed by atoms with Crippen LogP contribution in [0.1, 0.15) is 52.8 Å². The van der Waals surface area contributed by atoms with E-state index in [9.17, 15) is 4.21 Å². The Kier molecular flexibility index (Phi) is 3.45. The van der Waals surface area contributed by atoms with Gasteiger partial charge in [-0.2, -0.15) is 9.50 Å². The maximum atomic E-state index is 12.1. The molecule has 5 heteroatoms. The van der Waals surface area contributed by atoms with Crippen molar-refractivity contribution in [3.8, 4) is 0 Å². The minimum absolute atomic E-state index is 0.312. The Morgan fingerprint density at radius 1 is 1.50 bits per heavy atom. The van der Waals surface area contributed by atoms with Crippen molar-refractivity contribution in [3.63, 3.8) is 0 Å². The molecule has 4 nitrogen and oxygen atoms in total. The molecule has 1 aromatic heterocycles. The van der Waals surface area contributed by atoms with Crippen LogP contribution in [0, 0.1) is 5.92 Å². The van der Waals surface area contributed by atoms with Gasteiger partial charge in [0.15, 0.2) is 0 Å². The zero-order valence-corrected chi connectivity index (χ0v) is 12.5. The summed E-state index contributed by atoms with van der Waals surface area (Å²) in [6, 6.07) is 2.30. The Morgan fingerprint density at radius 2 is 2.17 bits per heavy atom. The van der Waals surface area contributed by atoms with Gasteiger partial charge in [-0.25, -0.2) is 4.21 Å². The van der Waals surface area contributed by atoms with E-state index in [0.29, 0.717) is 12.0 Å². The fraction of sp³-hybridized carbons (Fsp3) is 0.692. The van der Waals surface area contributed by atoms with Gasteiger partial charge >= 0.3 is 0 Å². The Hall–Kier alpha value is -0.970. The van der Waals surface area contributed by atoms with Crippen molar-refractivity contribution in [2.45, 2.75) is 51.8 Å². The molecule has 0 N–H and O–H groups in total. The van der Waals surface area contributed by atoms with Crippen LogP contribution < -0.4 is 0 Å². The highest BCUT2D eigenvalue weighted by atomic mass is 32.2. The van der Waals surface area contributed by atoms with Gasteiger partial charge in [0.05, 0.1) is 22.2 Å². The summed E-state index contributed by atoms with van der Waals surface area (Å²) in [6.07, 6.45) is 2.63. The van der Waals surface area contributed by atoms with E-state index in [1.54, 1.807) is 6.20 Å². The number of hydrogen-bond donors (Lipinski definition) is 0. The lowest BCUT2D eigenvalue weighted by Gasteiger charge is -2.15. The molecular formula is C13H21N3OS. The highest BCUT2D eigenvalue weighted by Gasteiger charge is 2.31. The van der Waals surface area contributed by atoms with Crippen molar-refractivity contribution in [1.82, 2.24) is 9.78 Å². The molecule has 0 amide bonds. The average molecular weight is 267 g/mol. The summed E-state index contributed by atoms with van der Waals surface area (Å²) in [7, 11) is -1.20. The van der Waals surface area contributed by atoms with Crippen LogP contribution >= 0.6 is 0 Å². The van der Waals surface area contributed by atoms with Crippen LogP contribution in [-0.4, -0.2) is 24.4 Å². The summed E-state index contributed by atoms with van der Waals surface area (Å²) in [6.45, 7) is 10.2. The third kappa shape index (κ3) is 2.41. The Labute approximate surface area is 111 Å². The van der Waals surface area contributed by atoms with Crippen molar-refractivity contribution in [2.24, 2.45) is 10.3 Å². The topological polar surface area (TPSA) is 47.2 Å². The summed E-state index contributed by atoms with van der Waals surface area (Å²) in [5.74, 6) is 0.499. The second-order valence-electron chi connectivity index (χ2n) is 6.08. The van der Waals surface area contributed by atoms with Crippen LogP contribution in [0.5, 0.6) is 0 Å². The Bertz CT molecular complexity index is 497. The number of aromatic nitrogens is 2. The molecule has 18 heavy (non-hydrogen) atoms. The van der Waals surface area contributed by atoms with E-state index in [0.717, 1.165) is 17.8 Å². The summed E-state index contributed by atoms with van der Waals surface area (Å²) in [4.78, 5) is 0. The Morgan fingerprint density at radius 3 is 2.72 bits per heavy atom. The lowest BCUT2D eigenvalue weighted by Crippen LogP contribution is -2.20. The summed E-state index contributed by atoms with van der Waals surface area (Å²) in [5, 5.41) is 4.36. The SMILES string of the molecule is CC(C)C1C/C(=N/[S@](=O)C(C)(C)C)c2ccnn21. The first-order valence-electron chi connectivity index (χ1n) is 6.34. The number of hydrogen-bond acceptors (Lipinski definition) is 2. The van der Waals surface area contributed by atoms with Gasteiger partial charge in [-0.3, -0.25) is 4.68 Å². The Balaban J connectivity index is 2.34. The zero-order valence-electron chi connectivity index (χ0n) is 11.7. The van der Waals surface area contributed by atoms with E-state index in [1.165, 1.54) is 0 Å². The molecule has 100 valence electrons. The number of rotatable bonds is 2. The second kappa shape index (κ2) is 4.61. The summed E-state index contributed by atoms with van der Waals surface area (Å²) in [5.41, 5.74) is 1.95. The molecule has 1 aliphatic heterocycles. The summed E-state index contributed by atoms with van der Waals surface area (Å²) >= 11 is 0. The third-order valence-electron chi connectivity index (χ3n) is 3.17. The highest BCUT2D eigenvalue weighted by Crippen LogP contribution is 2.32. The fourth-order valence-corrected chi connectivity index (χ4v) is 2.68. The van der Waals surface area contributed by atoms with Crippen molar-refractivity contribution in [2.75, 3.05) is 0 Å². The van der Waals surface area contributed by atoms with E-state index in [1.807, 2.05) is 31.5 Å². The van der Waals surface area contributed by atoms with Crippen molar-refractivity contribution in [1.29, 1.82) is 0 Å². The molecule has 0 spiro atoms. The molecule has 0 bridgehead atoms. The normalized spacial score (nSPS) is 23.7. The maximum absolute atomic E-state index is 12.1. The van der Waals surface area contributed by atoms with Gasteiger partial charge in [0.2, 0.25) is 0 Å². The van der Waals surface area contributed by atoms with Gasteiger partial charge in [0.1, 0.15) is 11.0 Å². The largest absolute Gasteiger partial charge is 0.260 e. The van der Waals surface area contributed by atoms with Gasteiger partial charge in [-0.05, 0) is 32.8 Å². The zero-order chi connectivity index (χ0) is 13.5. The van der Waals surface area contributed by atoms with Gasteiger partial charge < -0.3 is 0 Å². The fourth-order valence-electron chi connectivity index (χ4n) is 2.04. The van der Waals surface area contributed by atoms with Gasteiger partial charge in [0.25, 0.3) is 0 Å². The van der Waals surface area contributed by atoms with Crippen LogP contribution in [-0.2, 0) is 11.0 Å². The first-order valence-corrected chi connectivity index (χ1v) is 7.45. The molecular weight excluding hydrogens is 246 g/mol. The minimum Gasteiger partial charge on any atom is -0.260 e. The lowest BCUT2D eigenvalue weighted by molar-refractivity contribution is 0.373. The highest BCUT2D eigenvalue weighted by molar-refractivity contribution is 7.85. The minimum atomic E-state index is -1.20. The molecule has 1 aliphatic rings. The van der Waals surface area contributed by atoms with Crippen molar-refractivity contribution in [3.05, 3.63) is 18.0 Å². The molecule has 0 aliphatic carbocycles. The van der Waals surface area contributed by atoms with Gasteiger partial charge in [-0.1, -0.05) is 13.8 Å². The molecule has 0 radical (unpaired) electrons. The van der Waals surface area contributed by atoms with Crippen molar-refractivity contribution >= 4 is 16.7 Å². The predicted octanol–water partition coefficient (Wildman–Crippen LogP) is 2.74. The maximum Gasteiger partial charge on any atom is 0.145 e. The molecule has 0 saturated heterocycles. The van der Waals surface area contributed by atoms with E-state index >= 15 is 0 Å². The van der Waals surface area contributed by atoms with Crippen LogP contribution in [0.4, 0.5) is 0 Å². The van der Waals surface area contributed by atoms with Crippen LogP contribution in [0.15, 0.2) is 16.7 Å². The van der Waals surface area contributed by atoms with E-state index in [4.69, 9.17) is 0 Å². The van der Waals surface area contributed by atoms with E-state index in [2.05, 4.69) is 23.3 Å². The summed E-state index contributed by atoms with van der Waals surface area (Å²) < 4.78 is 18.2. The first kappa shape index (κ1) is 13.5. The quantitative estimate of drug-likeness (QED) is 0.827. The molecule has 2 heterocycles. The van der Waals surface area contributed by atoms with Crippen molar-refractivity contribution < 1.29 is 4.21 Å². The molecule has 0 saturated carbocycles. The monoisotopic (exact) mass is 267 g/mol. The smallest absolute Gasteiger partial charge is 0.145 e. The predicted molar refractivity (Wildman–Crippen MR) is 75.2 cm³/mol. The molecule has 0 aromatic carbocycles. The van der Waals surface area contributed by atoms with Crippen LogP contribution in [0.3, 0.4) is 0 Å². The molecule has 2 rings (SSSR count). The van der Waals surface area contributed by atoms with Crippen LogP contribution in [0.25, 0.3) is 0 Å². The van der Waals surface area contributed by atoms with Gasteiger partial charge in [-0.15, -0.1) is 0 Å². The lowest BCUT2D eigenvalue weighted by atomic mass is 10.0. The average Bonchev–Trinajstić information content (AvgIpc) is 2.79. The standard InChI is InChI=1S/C13H21N3OS/c1-9(2)12-8-10(11-6-7-14-16(11)12)15-18(17)13(3,4)5/h6-7,9,12H,8H2,1-5H3/b15-10-/t12?,18-/m1/s1. The van der Waals surface area contributed by atoms with E-state index < -0.39 is 11.0 Å².